The van der Waals surface area contributed by atoms with Gasteiger partial charge in [0, 0.05) is 5.56 Å². The fourth-order valence-electron chi connectivity index (χ4n) is 10.4. The Labute approximate surface area is 412 Å². The Morgan fingerprint density at radius 2 is 1.52 bits per heavy atom. The van der Waals surface area contributed by atoms with Crippen LogP contribution in [0.3, 0.4) is 0 Å². The van der Waals surface area contributed by atoms with E-state index in [-0.39, 0.29) is 36.1 Å². The smallest absolute Gasteiger partial charge is 0.329 e. The zero-order valence-corrected chi connectivity index (χ0v) is 39.0. The maximum Gasteiger partial charge on any atom is 0.329 e. The molecule has 0 unspecified atom stereocenters. The first-order chi connectivity index (χ1) is 34.6. The Kier molecular flexibility index (Phi) is 12.8. The predicted molar refractivity (Wildman–Crippen MR) is 267 cm³/mol. The number of esters is 1. The number of carbonyl (C=O) groups is 5. The standard InChI is InChI=1S/C55H47N7O8S/c1-33(35-15-5-2-6-16-35)58-54(68)61-42-28-23-34(14-13-29-57-52(56)67)32-40(42)55(51(61)66)44(49(64)60-53-59-41-21-11-12-22-43(41)71-53)46-50(65)70-47(37-19-9-4-10-20-37)45(36-17-7-3-8-18-36)62(46)48(55)38-24-26-39(27-25-38)69-31-30-63/h2-12,15-28,32-33,44-48,63H,29-31H2,1H3,(H,58,68)(H3,56,57,67)(H,59,60,64)/t33-,44+,45+,46+,47-,48-,55+/m1/s1. The first kappa shape index (κ1) is 46.4. The highest BCUT2D eigenvalue weighted by Crippen LogP contribution is 2.66. The van der Waals surface area contributed by atoms with Crippen molar-refractivity contribution in [3.63, 3.8) is 0 Å². The van der Waals surface area contributed by atoms with Gasteiger partial charge < -0.3 is 36.3 Å². The number of fused-ring (bicyclic) bond motifs is 4. The summed E-state index contributed by atoms with van der Waals surface area (Å²) < 4.78 is 13.2. The number of nitrogens with two attached hydrogens (primary N) is 1. The van der Waals surface area contributed by atoms with E-state index in [1.54, 1.807) is 49.4 Å². The second kappa shape index (κ2) is 19.6. The van der Waals surface area contributed by atoms with E-state index in [0.29, 0.717) is 28.0 Å². The number of para-hydroxylation sites is 1. The molecule has 0 radical (unpaired) electrons. The van der Waals surface area contributed by atoms with Crippen molar-refractivity contribution in [3.8, 4) is 17.6 Å². The van der Waals surface area contributed by atoms with Crippen LogP contribution in [0.1, 0.15) is 64.5 Å². The van der Waals surface area contributed by atoms with Crippen LogP contribution in [-0.2, 0) is 24.5 Å². The number of aliphatic hydroxyl groups is 1. The number of imide groups is 1. The Hall–Kier alpha value is -8.36. The SMILES string of the molecule is C[C@@H](NC(=O)N1C(=O)[C@@]2(c3cc(C#CCNC(N)=O)ccc31)[C@H](C(=O)Nc1nc3ccccc3s1)[C@H]1C(=O)O[C@H](c3ccccc3)[C@H](c3ccccc3)N1[C@@H]2c1ccc(OCCO)cc1)c1ccccc1. The van der Waals surface area contributed by atoms with Gasteiger partial charge in [-0.1, -0.05) is 138 Å². The lowest BCUT2D eigenvalue weighted by Crippen LogP contribution is -2.55. The van der Waals surface area contributed by atoms with Gasteiger partial charge in [-0.3, -0.25) is 19.3 Å². The fraction of sp³-hybridized carbons (Fsp3) is 0.200. The lowest BCUT2D eigenvalue weighted by Gasteiger charge is -2.46. The van der Waals surface area contributed by atoms with E-state index in [2.05, 4.69) is 27.8 Å². The van der Waals surface area contributed by atoms with Gasteiger partial charge in [0.1, 0.15) is 29.9 Å². The summed E-state index contributed by atoms with van der Waals surface area (Å²) in [4.78, 5) is 82.6. The minimum atomic E-state index is -2.09. The van der Waals surface area contributed by atoms with Crippen LogP contribution in [0.5, 0.6) is 5.75 Å². The molecule has 3 aliphatic rings. The monoisotopic (exact) mass is 965 g/mol. The second-order valence-electron chi connectivity index (χ2n) is 17.4. The van der Waals surface area contributed by atoms with Crippen LogP contribution in [0.25, 0.3) is 10.2 Å². The number of cyclic esters (lactones) is 1. The van der Waals surface area contributed by atoms with Gasteiger partial charge >= 0.3 is 18.0 Å². The summed E-state index contributed by atoms with van der Waals surface area (Å²) in [6.07, 6.45) is -0.947. The molecule has 1 spiro atoms. The number of carbonyl (C=O) groups excluding carboxylic acids is 5. The average molecular weight is 966 g/mol. The van der Waals surface area contributed by atoms with Crippen molar-refractivity contribution in [3.05, 3.63) is 191 Å². The van der Waals surface area contributed by atoms with E-state index in [4.69, 9.17) is 20.2 Å². The molecule has 356 valence electrons. The number of thiazole rings is 1. The van der Waals surface area contributed by atoms with Gasteiger partial charge in [0.15, 0.2) is 5.13 Å². The molecule has 6 amide bonds. The van der Waals surface area contributed by atoms with E-state index in [9.17, 15) is 9.90 Å². The van der Waals surface area contributed by atoms with Crippen molar-refractivity contribution in [2.75, 3.05) is 30.0 Å². The molecule has 16 heteroatoms. The number of nitrogens with zero attached hydrogens (tertiary/aromatic N) is 3. The number of primary amides is 1. The molecular weight excluding hydrogens is 919 g/mol. The van der Waals surface area contributed by atoms with Gasteiger partial charge in [-0.2, -0.15) is 0 Å². The van der Waals surface area contributed by atoms with E-state index < -0.39 is 71.5 Å². The molecule has 4 heterocycles. The third kappa shape index (κ3) is 8.50. The molecule has 10 rings (SSSR count). The van der Waals surface area contributed by atoms with Crippen molar-refractivity contribution < 1.29 is 38.6 Å². The number of urea groups is 2. The number of aromatic nitrogens is 1. The molecule has 0 saturated carbocycles. The number of ether oxygens (including phenoxy) is 2. The molecular formula is C55H47N7O8S. The van der Waals surface area contributed by atoms with Crippen LogP contribution in [-0.4, -0.2) is 70.6 Å². The molecule has 1 aromatic heterocycles. The Morgan fingerprint density at radius 3 is 2.21 bits per heavy atom. The van der Waals surface area contributed by atoms with Crippen LogP contribution in [0, 0.1) is 17.8 Å². The number of benzene rings is 6. The summed E-state index contributed by atoms with van der Waals surface area (Å²) in [6, 6.07) is 41.8. The highest BCUT2D eigenvalue weighted by atomic mass is 32.1. The molecule has 15 nitrogen and oxygen atoms in total. The van der Waals surface area contributed by atoms with Gasteiger partial charge in [0.05, 0.1) is 53.1 Å². The highest BCUT2D eigenvalue weighted by Gasteiger charge is 2.75. The first-order valence-corrected chi connectivity index (χ1v) is 23.8. The van der Waals surface area contributed by atoms with E-state index >= 15 is 19.2 Å². The molecule has 71 heavy (non-hydrogen) atoms. The zero-order valence-electron chi connectivity index (χ0n) is 38.2. The molecule has 6 N–H and O–H groups in total. The van der Waals surface area contributed by atoms with Crippen LogP contribution >= 0.6 is 11.3 Å². The van der Waals surface area contributed by atoms with Crippen molar-refractivity contribution in [1.29, 1.82) is 0 Å². The molecule has 7 aromatic rings. The van der Waals surface area contributed by atoms with E-state index in [1.807, 2.05) is 120 Å². The highest BCUT2D eigenvalue weighted by molar-refractivity contribution is 7.22. The molecule has 0 aliphatic carbocycles. The van der Waals surface area contributed by atoms with Crippen molar-refractivity contribution in [2.24, 2.45) is 11.7 Å². The van der Waals surface area contributed by atoms with Crippen LogP contribution in [0.15, 0.2) is 158 Å². The molecule has 6 aromatic carbocycles. The first-order valence-electron chi connectivity index (χ1n) is 23.0. The fourth-order valence-corrected chi connectivity index (χ4v) is 11.2. The molecule has 3 aliphatic heterocycles. The lowest BCUT2D eigenvalue weighted by molar-refractivity contribution is -0.177. The lowest BCUT2D eigenvalue weighted by atomic mass is 9.65. The summed E-state index contributed by atoms with van der Waals surface area (Å²) in [5, 5.41) is 18.4. The number of hydrogen-bond donors (Lipinski definition) is 5. The number of nitrogens with one attached hydrogen (secondary N) is 3. The Bertz CT molecular complexity index is 3190. The quantitative estimate of drug-likeness (QED) is 0.0639. The topological polar surface area (TPSA) is 206 Å². The third-order valence-electron chi connectivity index (χ3n) is 13.2. The summed E-state index contributed by atoms with van der Waals surface area (Å²) >= 11 is 1.24. The second-order valence-corrected chi connectivity index (χ2v) is 18.4. The van der Waals surface area contributed by atoms with Gasteiger partial charge in [-0.05, 0) is 77.2 Å². The number of amides is 6. The molecule has 2 fully saturated rings. The number of hydrogen-bond acceptors (Lipinski definition) is 11. The average Bonchev–Trinajstić information content (AvgIpc) is 4.03. The van der Waals surface area contributed by atoms with Crippen molar-refractivity contribution in [1.82, 2.24) is 20.5 Å². The van der Waals surface area contributed by atoms with Crippen LogP contribution in [0.2, 0.25) is 0 Å². The number of morpholine rings is 1. The largest absolute Gasteiger partial charge is 0.491 e. The van der Waals surface area contributed by atoms with Gasteiger partial charge in [0.2, 0.25) is 11.8 Å². The molecule has 2 saturated heterocycles. The minimum absolute atomic E-state index is 0.0196. The zero-order chi connectivity index (χ0) is 49.2. The normalized spacial score (nSPS) is 21.6. The third-order valence-corrected chi connectivity index (χ3v) is 14.2. The summed E-state index contributed by atoms with van der Waals surface area (Å²) in [5.74, 6) is 2.54. The van der Waals surface area contributed by atoms with Gasteiger partial charge in [-0.15, -0.1) is 0 Å². The Morgan fingerprint density at radius 1 is 0.845 bits per heavy atom. The maximum absolute atomic E-state index is 16.7. The predicted octanol–water partition coefficient (Wildman–Crippen LogP) is 7.46. The van der Waals surface area contributed by atoms with Crippen molar-refractivity contribution >= 4 is 62.2 Å². The number of aliphatic hydroxyl groups excluding tert-OH is 1. The summed E-state index contributed by atoms with van der Waals surface area (Å²) in [6.45, 7) is 1.50. The summed E-state index contributed by atoms with van der Waals surface area (Å²) in [7, 11) is 0. The summed E-state index contributed by atoms with van der Waals surface area (Å²) in [5.41, 5.74) is 7.38. The minimum Gasteiger partial charge on any atom is -0.491 e. The van der Waals surface area contributed by atoms with Crippen LogP contribution in [0.4, 0.5) is 20.4 Å². The van der Waals surface area contributed by atoms with Crippen molar-refractivity contribution in [2.45, 2.75) is 42.6 Å². The number of rotatable bonds is 11. The molecule has 7 atom stereocenters. The maximum atomic E-state index is 16.7. The van der Waals surface area contributed by atoms with E-state index in [1.165, 1.54) is 11.3 Å². The van der Waals surface area contributed by atoms with E-state index in [0.717, 1.165) is 20.7 Å². The number of anilines is 2. The van der Waals surface area contributed by atoms with Gasteiger partial charge in [0.25, 0.3) is 0 Å². The van der Waals surface area contributed by atoms with Crippen LogP contribution < -0.4 is 31.3 Å². The van der Waals surface area contributed by atoms with Gasteiger partial charge in [-0.25, -0.2) is 19.5 Å². The Balaban J connectivity index is 1.25. The molecule has 0 bridgehead atoms.